The highest BCUT2D eigenvalue weighted by molar-refractivity contribution is 9.11. The molecule has 0 aromatic heterocycles. The Morgan fingerprint density at radius 1 is 1.00 bits per heavy atom. The van der Waals surface area contributed by atoms with Crippen molar-refractivity contribution in [3.05, 3.63) is 66.6 Å². The number of benzene rings is 2. The van der Waals surface area contributed by atoms with E-state index >= 15 is 0 Å². The highest BCUT2D eigenvalue weighted by Crippen LogP contribution is 2.32. The van der Waals surface area contributed by atoms with E-state index in [-0.39, 0.29) is 0 Å². The van der Waals surface area contributed by atoms with E-state index in [2.05, 4.69) is 82.2 Å². The summed E-state index contributed by atoms with van der Waals surface area (Å²) in [6.45, 7) is 7.60. The average Bonchev–Trinajstić information content (AvgIpc) is 2.61. The minimum atomic E-state index is -1.82. The Morgan fingerprint density at radius 2 is 1.54 bits per heavy atom. The number of nitrogens with one attached hydrogen (secondary N) is 1. The Kier molecular flexibility index (Phi) is 7.80. The molecule has 0 aliphatic carbocycles. The molecule has 1 unspecified atom stereocenters. The average molecular weight is 513 g/mol. The molecule has 1 aliphatic heterocycles. The Bertz CT molecular complexity index is 877. The Hall–Kier alpha value is -1.70. The minimum Gasteiger partial charge on any atom is -0.473 e. The number of fused-ring (bicyclic) bond motifs is 1. The number of halogens is 2. The van der Waals surface area contributed by atoms with Crippen LogP contribution in [0.2, 0.25) is 0 Å². The van der Waals surface area contributed by atoms with Crippen LogP contribution in [0.1, 0.15) is 39.4 Å². The molecule has 28 heavy (non-hydrogen) atoms. The Balaban J connectivity index is 0.000000409. The molecule has 1 heterocycles. The number of carbonyl (C=O) groups is 2. The molecule has 1 atom stereocenters. The third kappa shape index (κ3) is 5.65. The van der Waals surface area contributed by atoms with E-state index < -0.39 is 11.9 Å². The van der Waals surface area contributed by atoms with Crippen molar-refractivity contribution in [3.63, 3.8) is 0 Å². The van der Waals surface area contributed by atoms with Crippen LogP contribution in [0, 0.1) is 20.8 Å². The standard InChI is InChI=1S/C19H21Br2N.C2H2O4/c1-11-6-15-4-5-22-19(16(15)7-12(11)2)10-14-8-17(20)13(3)18(21)9-14;3-1(4)2(5)6/h6-9,19,22H,4-5,10H2,1-3H3;(H,3,4)(H,5,6). The van der Waals surface area contributed by atoms with Crippen LogP contribution in [-0.2, 0) is 22.4 Å². The number of aryl methyl sites for hydroxylation is 2. The van der Waals surface area contributed by atoms with Crippen molar-refractivity contribution in [3.8, 4) is 0 Å². The molecule has 3 rings (SSSR count). The molecule has 1 aliphatic rings. The van der Waals surface area contributed by atoms with E-state index in [1.54, 1.807) is 0 Å². The van der Waals surface area contributed by atoms with Crippen LogP contribution in [0.25, 0.3) is 0 Å². The summed E-state index contributed by atoms with van der Waals surface area (Å²) in [6, 6.07) is 9.65. The highest BCUT2D eigenvalue weighted by Gasteiger charge is 2.21. The Morgan fingerprint density at radius 3 is 2.07 bits per heavy atom. The lowest BCUT2D eigenvalue weighted by Crippen LogP contribution is -2.31. The van der Waals surface area contributed by atoms with Crippen molar-refractivity contribution in [2.24, 2.45) is 0 Å². The van der Waals surface area contributed by atoms with Crippen LogP contribution in [0.4, 0.5) is 0 Å². The maximum absolute atomic E-state index is 9.10. The molecule has 2 aromatic carbocycles. The summed E-state index contributed by atoms with van der Waals surface area (Å²) in [5.41, 5.74) is 8.39. The second-order valence-corrected chi connectivity index (χ2v) is 8.60. The summed E-state index contributed by atoms with van der Waals surface area (Å²) in [5, 5.41) is 18.5. The monoisotopic (exact) mass is 511 g/mol. The van der Waals surface area contributed by atoms with E-state index in [9.17, 15) is 0 Å². The molecule has 0 bridgehead atoms. The molecule has 3 N–H and O–H groups in total. The second kappa shape index (κ2) is 9.67. The van der Waals surface area contributed by atoms with Gasteiger partial charge in [0.15, 0.2) is 0 Å². The van der Waals surface area contributed by atoms with Gasteiger partial charge in [0.2, 0.25) is 0 Å². The molecule has 2 aromatic rings. The number of hydrogen-bond donors (Lipinski definition) is 3. The number of carboxylic acids is 2. The van der Waals surface area contributed by atoms with Crippen molar-refractivity contribution >= 4 is 43.8 Å². The zero-order valence-corrected chi connectivity index (χ0v) is 19.1. The van der Waals surface area contributed by atoms with Crippen molar-refractivity contribution in [1.29, 1.82) is 0 Å². The summed E-state index contributed by atoms with van der Waals surface area (Å²) in [6.07, 6.45) is 2.15. The normalized spacial score (nSPS) is 15.2. The topological polar surface area (TPSA) is 86.6 Å². The first kappa shape index (κ1) is 22.6. The van der Waals surface area contributed by atoms with Crippen LogP contribution in [-0.4, -0.2) is 28.7 Å². The first-order chi connectivity index (χ1) is 13.1. The number of aliphatic carboxylic acids is 2. The fraction of sp³-hybridized carbons (Fsp3) is 0.333. The smallest absolute Gasteiger partial charge is 0.414 e. The van der Waals surface area contributed by atoms with Gasteiger partial charge in [-0.25, -0.2) is 9.59 Å². The summed E-state index contributed by atoms with van der Waals surface area (Å²) in [7, 11) is 0. The van der Waals surface area contributed by atoms with Gasteiger partial charge in [-0.3, -0.25) is 0 Å². The highest BCUT2D eigenvalue weighted by atomic mass is 79.9. The zero-order valence-electron chi connectivity index (χ0n) is 16.0. The molecule has 0 saturated carbocycles. The van der Waals surface area contributed by atoms with Crippen molar-refractivity contribution in [2.45, 2.75) is 39.7 Å². The maximum Gasteiger partial charge on any atom is 0.414 e. The summed E-state index contributed by atoms with van der Waals surface area (Å²) >= 11 is 7.33. The lowest BCUT2D eigenvalue weighted by atomic mass is 9.87. The minimum absolute atomic E-state index is 0.407. The van der Waals surface area contributed by atoms with Gasteiger partial charge in [-0.05, 0) is 85.7 Å². The number of rotatable bonds is 2. The zero-order chi connectivity index (χ0) is 21.0. The lowest BCUT2D eigenvalue weighted by molar-refractivity contribution is -0.159. The molecule has 150 valence electrons. The van der Waals surface area contributed by atoms with Crippen molar-refractivity contribution in [2.75, 3.05) is 6.54 Å². The molecule has 7 heteroatoms. The fourth-order valence-corrected chi connectivity index (χ4v) is 4.44. The Labute approximate surface area is 181 Å². The fourth-order valence-electron chi connectivity index (χ4n) is 3.16. The van der Waals surface area contributed by atoms with Gasteiger partial charge in [0.05, 0.1) is 0 Å². The van der Waals surface area contributed by atoms with Crippen LogP contribution >= 0.6 is 31.9 Å². The van der Waals surface area contributed by atoms with Gasteiger partial charge in [-0.15, -0.1) is 0 Å². The van der Waals surface area contributed by atoms with Gasteiger partial charge < -0.3 is 15.5 Å². The molecule has 0 saturated heterocycles. The van der Waals surface area contributed by atoms with E-state index in [1.807, 2.05) is 0 Å². The molecule has 0 spiro atoms. The molecular formula is C21H23Br2NO4. The van der Waals surface area contributed by atoms with E-state index in [0.717, 1.165) is 19.4 Å². The largest absolute Gasteiger partial charge is 0.473 e. The number of hydrogen-bond acceptors (Lipinski definition) is 3. The third-order valence-corrected chi connectivity index (χ3v) is 6.53. The van der Waals surface area contributed by atoms with Crippen LogP contribution in [0.5, 0.6) is 0 Å². The maximum atomic E-state index is 9.10. The predicted octanol–water partition coefficient (Wildman–Crippen LogP) is 4.72. The first-order valence-corrected chi connectivity index (χ1v) is 10.4. The number of carboxylic acid groups (broad SMARTS) is 2. The first-order valence-electron chi connectivity index (χ1n) is 8.84. The summed E-state index contributed by atoms with van der Waals surface area (Å²) in [4.78, 5) is 18.2. The van der Waals surface area contributed by atoms with Crippen LogP contribution in [0.3, 0.4) is 0 Å². The quantitative estimate of drug-likeness (QED) is 0.507. The second-order valence-electron chi connectivity index (χ2n) is 6.89. The lowest BCUT2D eigenvalue weighted by Gasteiger charge is -2.28. The van der Waals surface area contributed by atoms with Gasteiger partial charge in [0.25, 0.3) is 0 Å². The molecule has 0 amide bonds. The van der Waals surface area contributed by atoms with Crippen LogP contribution < -0.4 is 5.32 Å². The van der Waals surface area contributed by atoms with Gasteiger partial charge in [0.1, 0.15) is 0 Å². The molecule has 0 radical (unpaired) electrons. The summed E-state index contributed by atoms with van der Waals surface area (Å²) in [5.74, 6) is -3.65. The van der Waals surface area contributed by atoms with E-state index in [0.29, 0.717) is 6.04 Å². The molecular weight excluding hydrogens is 490 g/mol. The molecule has 5 nitrogen and oxygen atoms in total. The van der Waals surface area contributed by atoms with Crippen LogP contribution in [0.15, 0.2) is 33.2 Å². The van der Waals surface area contributed by atoms with Gasteiger partial charge in [0, 0.05) is 15.0 Å². The van der Waals surface area contributed by atoms with Gasteiger partial charge in [-0.2, -0.15) is 0 Å². The van der Waals surface area contributed by atoms with Gasteiger partial charge >= 0.3 is 11.9 Å². The van der Waals surface area contributed by atoms with Crippen molar-refractivity contribution < 1.29 is 19.8 Å². The van der Waals surface area contributed by atoms with E-state index in [1.165, 1.54) is 42.3 Å². The summed E-state index contributed by atoms with van der Waals surface area (Å²) < 4.78 is 2.35. The van der Waals surface area contributed by atoms with Gasteiger partial charge in [-0.1, -0.05) is 44.0 Å². The van der Waals surface area contributed by atoms with Crippen molar-refractivity contribution in [1.82, 2.24) is 5.32 Å². The molecule has 0 fully saturated rings. The third-order valence-electron chi connectivity index (χ3n) is 4.88. The SMILES string of the molecule is Cc1cc2c(cc1C)C(Cc1cc(Br)c(C)c(Br)c1)NCC2.O=C(O)C(=O)O. The predicted molar refractivity (Wildman–Crippen MR) is 116 cm³/mol. The van der Waals surface area contributed by atoms with E-state index in [4.69, 9.17) is 19.8 Å².